The second kappa shape index (κ2) is 7.72. The van der Waals surface area contributed by atoms with E-state index in [0.717, 1.165) is 0 Å². The number of rotatable bonds is 5. The van der Waals surface area contributed by atoms with Crippen LogP contribution in [0, 0.1) is 0 Å². The van der Waals surface area contributed by atoms with E-state index in [0.29, 0.717) is 11.1 Å². The normalized spacial score (nSPS) is 19.4. The number of hydrogen-bond acceptors (Lipinski definition) is 6. The highest BCUT2D eigenvalue weighted by Gasteiger charge is 2.40. The Labute approximate surface area is 144 Å². The number of ether oxygens (including phenoxy) is 3. The molecule has 0 aliphatic carbocycles. The first-order valence-electron chi connectivity index (χ1n) is 7.77. The highest BCUT2D eigenvalue weighted by molar-refractivity contribution is 5.94. The van der Waals surface area contributed by atoms with E-state index in [9.17, 15) is 14.4 Å². The van der Waals surface area contributed by atoms with Crippen molar-refractivity contribution in [3.8, 4) is 0 Å². The first-order valence-corrected chi connectivity index (χ1v) is 7.77. The van der Waals surface area contributed by atoms with Crippen molar-refractivity contribution in [1.29, 1.82) is 0 Å². The summed E-state index contributed by atoms with van der Waals surface area (Å²) >= 11 is 0. The largest absolute Gasteiger partial charge is 0.459 e. The lowest BCUT2D eigenvalue weighted by Gasteiger charge is -2.17. The van der Waals surface area contributed by atoms with E-state index in [4.69, 9.17) is 14.2 Å². The fourth-order valence-corrected chi connectivity index (χ4v) is 2.42. The van der Waals surface area contributed by atoms with E-state index < -0.39 is 24.1 Å². The molecule has 0 saturated carbocycles. The molecule has 1 fully saturated rings. The van der Waals surface area contributed by atoms with E-state index in [1.54, 1.807) is 60.7 Å². The van der Waals surface area contributed by atoms with Gasteiger partial charge in [-0.25, -0.2) is 9.59 Å². The molecular formula is C19H16O6. The molecule has 1 aliphatic heterocycles. The van der Waals surface area contributed by atoms with E-state index in [2.05, 4.69) is 0 Å². The van der Waals surface area contributed by atoms with Gasteiger partial charge in [-0.2, -0.15) is 0 Å². The first kappa shape index (κ1) is 16.9. The summed E-state index contributed by atoms with van der Waals surface area (Å²) in [5, 5.41) is 0. The van der Waals surface area contributed by atoms with Crippen LogP contribution >= 0.6 is 0 Å². The minimum atomic E-state index is -1.09. The lowest BCUT2D eigenvalue weighted by atomic mass is 10.1. The number of carbonyl (C=O) groups is 3. The Morgan fingerprint density at radius 3 is 2.08 bits per heavy atom. The average Bonchev–Trinajstić information content (AvgIpc) is 3.01. The lowest BCUT2D eigenvalue weighted by molar-refractivity contribution is -0.124. The highest BCUT2D eigenvalue weighted by Crippen LogP contribution is 2.17. The standard InChI is InChI=1S/C19H16O6/c20-15-11-23-16(12-24-18(21)13-7-3-1-4-8-13)17(15)25-19(22)14-9-5-2-6-10-14/h1-10,16-17H,11-12H2/t16-,17+/m1/s1. The maximum Gasteiger partial charge on any atom is 0.338 e. The Morgan fingerprint density at radius 2 is 1.48 bits per heavy atom. The van der Waals surface area contributed by atoms with Crippen molar-refractivity contribution in [3.63, 3.8) is 0 Å². The number of Topliss-reactive ketones (excluding diaryl/α,β-unsaturated/α-hetero) is 1. The van der Waals surface area contributed by atoms with Gasteiger partial charge in [-0.05, 0) is 24.3 Å². The van der Waals surface area contributed by atoms with Gasteiger partial charge in [0.25, 0.3) is 0 Å². The SMILES string of the molecule is O=C(OC[C@H]1OCC(=O)[C@@H]1OC(=O)c1ccccc1)c1ccccc1. The summed E-state index contributed by atoms with van der Waals surface area (Å²) in [6.07, 6.45) is -1.90. The van der Waals surface area contributed by atoms with Crippen LogP contribution < -0.4 is 0 Å². The molecule has 2 aromatic rings. The molecule has 0 unspecified atom stereocenters. The fourth-order valence-electron chi connectivity index (χ4n) is 2.42. The predicted molar refractivity (Wildman–Crippen MR) is 87.1 cm³/mol. The van der Waals surface area contributed by atoms with Gasteiger partial charge in [0, 0.05) is 0 Å². The Morgan fingerprint density at radius 1 is 0.920 bits per heavy atom. The third kappa shape index (κ3) is 4.10. The molecule has 128 valence electrons. The molecule has 3 rings (SSSR count). The molecule has 2 aromatic carbocycles. The van der Waals surface area contributed by atoms with Crippen molar-refractivity contribution in [2.45, 2.75) is 12.2 Å². The Bertz CT molecular complexity index is 756. The Hall–Kier alpha value is -2.99. The van der Waals surface area contributed by atoms with Crippen LogP contribution in [0.4, 0.5) is 0 Å². The van der Waals surface area contributed by atoms with E-state index in [-0.39, 0.29) is 19.0 Å². The van der Waals surface area contributed by atoms with Gasteiger partial charge in [-0.1, -0.05) is 36.4 Å². The summed E-state index contributed by atoms with van der Waals surface area (Å²) in [4.78, 5) is 36.0. The number of hydrogen-bond donors (Lipinski definition) is 0. The van der Waals surface area contributed by atoms with Gasteiger partial charge in [-0.3, -0.25) is 4.79 Å². The monoisotopic (exact) mass is 340 g/mol. The molecule has 0 aromatic heterocycles. The molecule has 0 amide bonds. The quantitative estimate of drug-likeness (QED) is 0.775. The Balaban J connectivity index is 1.60. The van der Waals surface area contributed by atoms with Crippen molar-refractivity contribution in [1.82, 2.24) is 0 Å². The van der Waals surface area contributed by atoms with Crippen LogP contribution in [0.5, 0.6) is 0 Å². The van der Waals surface area contributed by atoms with Gasteiger partial charge in [-0.15, -0.1) is 0 Å². The van der Waals surface area contributed by atoms with Gasteiger partial charge >= 0.3 is 11.9 Å². The third-order valence-corrected chi connectivity index (χ3v) is 3.73. The molecule has 0 spiro atoms. The minimum Gasteiger partial charge on any atom is -0.459 e. The second-order valence-electron chi connectivity index (χ2n) is 5.47. The van der Waals surface area contributed by atoms with Crippen molar-refractivity contribution in [2.24, 2.45) is 0 Å². The zero-order valence-corrected chi connectivity index (χ0v) is 13.3. The molecule has 2 atom stereocenters. The lowest BCUT2D eigenvalue weighted by Crippen LogP contribution is -2.36. The van der Waals surface area contributed by atoms with Crippen LogP contribution in [0.15, 0.2) is 60.7 Å². The van der Waals surface area contributed by atoms with Crippen LogP contribution in [0.2, 0.25) is 0 Å². The van der Waals surface area contributed by atoms with Crippen molar-refractivity contribution in [2.75, 3.05) is 13.2 Å². The molecule has 25 heavy (non-hydrogen) atoms. The van der Waals surface area contributed by atoms with Crippen LogP contribution in [-0.4, -0.2) is 43.1 Å². The topological polar surface area (TPSA) is 78.9 Å². The zero-order chi connectivity index (χ0) is 17.6. The van der Waals surface area contributed by atoms with E-state index in [1.165, 1.54) is 0 Å². The van der Waals surface area contributed by atoms with Gasteiger partial charge in [0.1, 0.15) is 19.3 Å². The van der Waals surface area contributed by atoms with Crippen LogP contribution in [0.3, 0.4) is 0 Å². The Kier molecular flexibility index (Phi) is 5.20. The summed E-state index contributed by atoms with van der Waals surface area (Å²) in [6.45, 7) is -0.355. The van der Waals surface area contributed by atoms with Gasteiger partial charge in [0.2, 0.25) is 5.78 Å². The average molecular weight is 340 g/mol. The zero-order valence-electron chi connectivity index (χ0n) is 13.3. The maximum atomic E-state index is 12.1. The molecule has 1 aliphatic rings. The molecular weight excluding hydrogens is 324 g/mol. The van der Waals surface area contributed by atoms with E-state index >= 15 is 0 Å². The number of benzene rings is 2. The van der Waals surface area contributed by atoms with Crippen molar-refractivity contribution >= 4 is 17.7 Å². The molecule has 6 heteroatoms. The minimum absolute atomic E-state index is 0.174. The number of ketones is 1. The summed E-state index contributed by atoms with van der Waals surface area (Å²) < 4.78 is 15.7. The van der Waals surface area contributed by atoms with Gasteiger partial charge in [0.05, 0.1) is 11.1 Å². The van der Waals surface area contributed by atoms with E-state index in [1.807, 2.05) is 0 Å². The summed E-state index contributed by atoms with van der Waals surface area (Å²) in [7, 11) is 0. The maximum absolute atomic E-state index is 12.1. The van der Waals surface area contributed by atoms with Crippen LogP contribution in [0.25, 0.3) is 0 Å². The summed E-state index contributed by atoms with van der Waals surface area (Å²) in [5.74, 6) is -1.51. The van der Waals surface area contributed by atoms with Gasteiger partial charge in [0.15, 0.2) is 6.10 Å². The first-order chi connectivity index (χ1) is 12.1. The predicted octanol–water partition coefficient (Wildman–Crippen LogP) is 2.04. The number of carbonyl (C=O) groups excluding carboxylic acids is 3. The molecule has 1 heterocycles. The molecule has 0 bridgehead atoms. The molecule has 0 N–H and O–H groups in total. The molecule has 6 nitrogen and oxygen atoms in total. The second-order valence-corrected chi connectivity index (χ2v) is 5.47. The molecule has 1 saturated heterocycles. The molecule has 0 radical (unpaired) electrons. The highest BCUT2D eigenvalue weighted by atomic mass is 16.6. The number of esters is 2. The van der Waals surface area contributed by atoms with Crippen LogP contribution in [-0.2, 0) is 19.0 Å². The summed E-state index contributed by atoms with van der Waals surface area (Å²) in [6, 6.07) is 16.8. The smallest absolute Gasteiger partial charge is 0.338 e. The summed E-state index contributed by atoms with van der Waals surface area (Å²) in [5.41, 5.74) is 0.729. The fraction of sp³-hybridized carbons (Fsp3) is 0.211. The van der Waals surface area contributed by atoms with Crippen molar-refractivity contribution in [3.05, 3.63) is 71.8 Å². The van der Waals surface area contributed by atoms with Crippen molar-refractivity contribution < 1.29 is 28.6 Å². The van der Waals surface area contributed by atoms with Crippen LogP contribution in [0.1, 0.15) is 20.7 Å². The third-order valence-electron chi connectivity index (χ3n) is 3.73. The van der Waals surface area contributed by atoms with Gasteiger partial charge < -0.3 is 14.2 Å².